The van der Waals surface area contributed by atoms with Crippen molar-refractivity contribution >= 4 is 27.5 Å². The van der Waals surface area contributed by atoms with E-state index in [1.165, 1.54) is 4.90 Å². The van der Waals surface area contributed by atoms with Gasteiger partial charge in [0.2, 0.25) is 21.8 Å². The molecular weight excluding hydrogens is 554 g/mol. The van der Waals surface area contributed by atoms with Crippen molar-refractivity contribution < 1.29 is 27.5 Å². The quantitative estimate of drug-likeness (QED) is 0.363. The van der Waals surface area contributed by atoms with Crippen LogP contribution in [0.2, 0.25) is 0 Å². The van der Waals surface area contributed by atoms with E-state index in [-0.39, 0.29) is 24.2 Å². The van der Waals surface area contributed by atoms with E-state index < -0.39 is 28.5 Å². The highest BCUT2D eigenvalue weighted by Gasteiger charge is 2.34. The highest BCUT2D eigenvalue weighted by atomic mass is 32.2. The monoisotopic (exact) mass is 591 g/mol. The number of amides is 2. The maximum Gasteiger partial charge on any atom is 0.244 e. The Hall–Kier alpha value is -4.05. The van der Waals surface area contributed by atoms with Crippen molar-refractivity contribution in [2.75, 3.05) is 30.3 Å². The van der Waals surface area contributed by atoms with Crippen LogP contribution in [0.3, 0.4) is 0 Å². The molecule has 0 spiro atoms. The van der Waals surface area contributed by atoms with E-state index in [1.807, 2.05) is 60.7 Å². The van der Waals surface area contributed by atoms with Gasteiger partial charge in [-0.15, -0.1) is 0 Å². The van der Waals surface area contributed by atoms with E-state index in [4.69, 9.17) is 9.47 Å². The summed E-state index contributed by atoms with van der Waals surface area (Å²) < 4.78 is 38.4. The fourth-order valence-electron chi connectivity index (χ4n) is 5.50. The summed E-state index contributed by atoms with van der Waals surface area (Å²) in [6.07, 6.45) is 5.28. The number of anilines is 1. The van der Waals surface area contributed by atoms with Gasteiger partial charge in [-0.1, -0.05) is 73.5 Å². The minimum Gasteiger partial charge on any atom is -0.486 e. The van der Waals surface area contributed by atoms with Crippen LogP contribution in [0.5, 0.6) is 11.5 Å². The number of benzene rings is 3. The van der Waals surface area contributed by atoms with Gasteiger partial charge in [-0.25, -0.2) is 8.42 Å². The number of hydrogen-bond donors (Lipinski definition) is 1. The third kappa shape index (κ3) is 7.42. The molecule has 2 amide bonds. The number of fused-ring (bicyclic) bond motifs is 1. The summed E-state index contributed by atoms with van der Waals surface area (Å²) in [4.78, 5) is 29.6. The van der Waals surface area contributed by atoms with Crippen LogP contribution >= 0.6 is 0 Å². The Bertz CT molecular complexity index is 1480. The van der Waals surface area contributed by atoms with Crippen molar-refractivity contribution in [3.05, 3.63) is 90.0 Å². The lowest BCUT2D eigenvalue weighted by Gasteiger charge is -2.34. The lowest BCUT2D eigenvalue weighted by molar-refractivity contribution is -0.140. The summed E-state index contributed by atoms with van der Waals surface area (Å²) in [5, 5.41) is 3.17. The average Bonchev–Trinajstić information content (AvgIpc) is 3.51. The summed E-state index contributed by atoms with van der Waals surface area (Å²) in [6.45, 7) is 0.415. The number of nitrogens with one attached hydrogen (secondary N) is 1. The standard InChI is InChI=1S/C32H37N3O6S/c1-42(38,39)35(27-16-17-29-30(21-27)41-19-18-40-29)23-31(36)34(22-25-12-6-3-7-13-25)28(20-24-10-4-2-5-11-24)32(37)33-26-14-8-9-15-26/h2-7,10-13,16-17,21,26,28H,8-9,14-15,18-20,22-23H2,1H3,(H,33,37). The van der Waals surface area contributed by atoms with Crippen LogP contribution in [0.1, 0.15) is 36.8 Å². The molecule has 1 aliphatic heterocycles. The van der Waals surface area contributed by atoms with Gasteiger partial charge in [0.05, 0.1) is 11.9 Å². The first-order valence-electron chi connectivity index (χ1n) is 14.3. The second-order valence-electron chi connectivity index (χ2n) is 10.8. The lowest BCUT2D eigenvalue weighted by Crippen LogP contribution is -2.54. The first-order valence-corrected chi connectivity index (χ1v) is 16.2. The van der Waals surface area contributed by atoms with Crippen molar-refractivity contribution in [3.8, 4) is 11.5 Å². The number of rotatable bonds is 11. The predicted molar refractivity (Wildman–Crippen MR) is 161 cm³/mol. The number of carbonyl (C=O) groups is 2. The molecule has 9 nitrogen and oxygen atoms in total. The molecule has 1 fully saturated rings. The van der Waals surface area contributed by atoms with Crippen molar-refractivity contribution in [2.24, 2.45) is 0 Å². The summed E-state index contributed by atoms with van der Waals surface area (Å²) in [5.41, 5.74) is 2.02. The van der Waals surface area contributed by atoms with Gasteiger partial charge in [0.25, 0.3) is 0 Å². The first-order chi connectivity index (χ1) is 20.3. The highest BCUT2D eigenvalue weighted by Crippen LogP contribution is 2.35. The smallest absolute Gasteiger partial charge is 0.244 e. The van der Waals surface area contributed by atoms with Crippen LogP contribution in [-0.4, -0.2) is 63.2 Å². The van der Waals surface area contributed by atoms with Crippen molar-refractivity contribution in [1.82, 2.24) is 10.2 Å². The number of sulfonamides is 1. The molecule has 10 heteroatoms. The van der Waals surface area contributed by atoms with Gasteiger partial charge < -0.3 is 19.7 Å². The molecule has 1 N–H and O–H groups in total. The number of ether oxygens (including phenoxy) is 2. The fraction of sp³-hybridized carbons (Fsp3) is 0.375. The van der Waals surface area contributed by atoms with Crippen LogP contribution < -0.4 is 19.1 Å². The van der Waals surface area contributed by atoms with Gasteiger partial charge in [-0.3, -0.25) is 13.9 Å². The number of hydrogen-bond acceptors (Lipinski definition) is 6. The Morgan fingerprint density at radius 1 is 0.881 bits per heavy atom. The minimum absolute atomic E-state index is 0.0645. The first kappa shape index (κ1) is 29.4. The lowest BCUT2D eigenvalue weighted by atomic mass is 10.0. The molecule has 2 aliphatic rings. The maximum absolute atomic E-state index is 14.2. The average molecular weight is 592 g/mol. The molecule has 1 aliphatic carbocycles. The Morgan fingerprint density at radius 3 is 2.14 bits per heavy atom. The van der Waals surface area contributed by atoms with E-state index in [0.29, 0.717) is 31.1 Å². The number of carbonyl (C=O) groups excluding carboxylic acids is 2. The van der Waals surface area contributed by atoms with Gasteiger partial charge in [0, 0.05) is 25.1 Å². The molecule has 0 saturated heterocycles. The van der Waals surface area contributed by atoms with E-state index in [0.717, 1.165) is 47.4 Å². The van der Waals surface area contributed by atoms with Gasteiger partial charge in [0.1, 0.15) is 25.8 Å². The van der Waals surface area contributed by atoms with Crippen LogP contribution in [0.4, 0.5) is 5.69 Å². The van der Waals surface area contributed by atoms with Crippen molar-refractivity contribution in [1.29, 1.82) is 0 Å². The van der Waals surface area contributed by atoms with Gasteiger partial charge in [-0.05, 0) is 36.1 Å². The van der Waals surface area contributed by atoms with Gasteiger partial charge in [0.15, 0.2) is 11.5 Å². The fourth-order valence-corrected chi connectivity index (χ4v) is 6.34. The van der Waals surface area contributed by atoms with Crippen LogP contribution in [0.25, 0.3) is 0 Å². The third-order valence-corrected chi connectivity index (χ3v) is 8.80. The second kappa shape index (κ2) is 13.3. The molecule has 5 rings (SSSR count). The molecule has 1 unspecified atom stereocenters. The summed E-state index contributed by atoms with van der Waals surface area (Å²) in [5.74, 6) is 0.211. The molecule has 1 atom stereocenters. The highest BCUT2D eigenvalue weighted by molar-refractivity contribution is 7.92. The van der Waals surface area contributed by atoms with E-state index in [2.05, 4.69) is 5.32 Å². The Kier molecular flexibility index (Phi) is 9.31. The van der Waals surface area contributed by atoms with Crippen molar-refractivity contribution in [3.63, 3.8) is 0 Å². The van der Waals surface area contributed by atoms with E-state index in [9.17, 15) is 18.0 Å². The Labute approximate surface area is 247 Å². The van der Waals surface area contributed by atoms with Crippen LogP contribution in [-0.2, 0) is 32.6 Å². The zero-order valence-corrected chi connectivity index (χ0v) is 24.6. The van der Waals surface area contributed by atoms with E-state index in [1.54, 1.807) is 18.2 Å². The molecule has 1 saturated carbocycles. The molecule has 1 heterocycles. The summed E-state index contributed by atoms with van der Waals surface area (Å²) in [7, 11) is -3.88. The molecule has 42 heavy (non-hydrogen) atoms. The third-order valence-electron chi connectivity index (χ3n) is 7.66. The second-order valence-corrected chi connectivity index (χ2v) is 12.7. The molecule has 3 aromatic carbocycles. The van der Waals surface area contributed by atoms with Gasteiger partial charge in [-0.2, -0.15) is 0 Å². The van der Waals surface area contributed by atoms with Crippen LogP contribution in [0, 0.1) is 0 Å². The van der Waals surface area contributed by atoms with E-state index >= 15 is 0 Å². The Balaban J connectivity index is 1.49. The molecule has 0 bridgehead atoms. The van der Waals surface area contributed by atoms with Crippen LogP contribution in [0.15, 0.2) is 78.9 Å². The molecule has 0 radical (unpaired) electrons. The predicted octanol–water partition coefficient (Wildman–Crippen LogP) is 3.92. The molecule has 222 valence electrons. The molecule has 3 aromatic rings. The maximum atomic E-state index is 14.2. The van der Waals surface area contributed by atoms with Gasteiger partial charge >= 0.3 is 0 Å². The normalized spacial score (nSPS) is 15.5. The summed E-state index contributed by atoms with van der Waals surface area (Å²) in [6, 6.07) is 23.0. The zero-order chi connectivity index (χ0) is 29.5. The molecule has 0 aromatic heterocycles. The summed E-state index contributed by atoms with van der Waals surface area (Å²) >= 11 is 0. The number of nitrogens with zero attached hydrogens (tertiary/aromatic N) is 2. The zero-order valence-electron chi connectivity index (χ0n) is 23.8. The topological polar surface area (TPSA) is 105 Å². The van der Waals surface area contributed by atoms with Crippen molar-refractivity contribution in [2.45, 2.75) is 50.7 Å². The molecular formula is C32H37N3O6S. The SMILES string of the molecule is CS(=O)(=O)N(CC(=O)N(Cc1ccccc1)C(Cc1ccccc1)C(=O)NC1CCCC1)c1ccc2c(c1)OCCO2. The largest absolute Gasteiger partial charge is 0.486 e. The minimum atomic E-state index is -3.88. The Morgan fingerprint density at radius 2 is 1.50 bits per heavy atom.